The Bertz CT molecular complexity index is 462. The normalized spacial score (nSPS) is 16.7. The Morgan fingerprint density at radius 1 is 1.14 bits per heavy atom. The van der Waals surface area contributed by atoms with Gasteiger partial charge in [0.05, 0.1) is 12.1 Å². The van der Waals surface area contributed by atoms with Crippen LogP contribution in [0.1, 0.15) is 46.0 Å². The molecule has 0 atom stereocenters. The molecule has 4 heteroatoms. The summed E-state index contributed by atoms with van der Waals surface area (Å²) in [4.78, 5) is 7.05. The van der Waals surface area contributed by atoms with Gasteiger partial charge < -0.3 is 15.3 Å². The molecule has 1 heterocycles. The smallest absolute Gasteiger partial charge is 0.198 e. The lowest BCUT2D eigenvalue weighted by molar-refractivity contribution is 0.0416. The van der Waals surface area contributed by atoms with Gasteiger partial charge in [0.2, 0.25) is 0 Å². The third-order valence-corrected chi connectivity index (χ3v) is 4.52. The van der Waals surface area contributed by atoms with E-state index < -0.39 is 5.60 Å². The maximum atomic E-state index is 10.5. The second-order valence-electron chi connectivity index (χ2n) is 6.11. The SMILES string of the molecule is CCC(O)(CC)CN=C(Nc1ccccc1)N1CCCCC1. The van der Waals surface area contributed by atoms with Crippen LogP contribution >= 0.6 is 0 Å². The summed E-state index contributed by atoms with van der Waals surface area (Å²) in [7, 11) is 0. The van der Waals surface area contributed by atoms with Gasteiger partial charge >= 0.3 is 0 Å². The Kier molecular flexibility index (Phi) is 6.25. The van der Waals surface area contributed by atoms with Gasteiger partial charge in [-0.2, -0.15) is 0 Å². The van der Waals surface area contributed by atoms with Gasteiger partial charge in [-0.15, -0.1) is 0 Å². The number of hydrogen-bond acceptors (Lipinski definition) is 2. The fourth-order valence-electron chi connectivity index (χ4n) is 2.67. The first-order valence-corrected chi connectivity index (χ1v) is 8.51. The molecule has 1 aliphatic rings. The average molecular weight is 303 g/mol. The van der Waals surface area contributed by atoms with Crippen LogP contribution in [0.3, 0.4) is 0 Å². The van der Waals surface area contributed by atoms with Crippen LogP contribution < -0.4 is 5.32 Å². The van der Waals surface area contributed by atoms with Crippen molar-refractivity contribution in [2.24, 2.45) is 4.99 Å². The monoisotopic (exact) mass is 303 g/mol. The summed E-state index contributed by atoms with van der Waals surface area (Å²) in [5.74, 6) is 0.895. The molecular weight excluding hydrogens is 274 g/mol. The van der Waals surface area contributed by atoms with Crippen molar-refractivity contribution in [2.75, 3.05) is 25.0 Å². The van der Waals surface area contributed by atoms with Gasteiger partial charge in [0.25, 0.3) is 0 Å². The Balaban J connectivity index is 2.13. The number of anilines is 1. The zero-order valence-electron chi connectivity index (χ0n) is 13.9. The van der Waals surface area contributed by atoms with Crippen LogP contribution in [0.5, 0.6) is 0 Å². The van der Waals surface area contributed by atoms with Crippen molar-refractivity contribution in [3.8, 4) is 0 Å². The van der Waals surface area contributed by atoms with E-state index in [-0.39, 0.29) is 0 Å². The number of piperidine rings is 1. The molecule has 0 spiro atoms. The molecule has 0 amide bonds. The van der Waals surface area contributed by atoms with Gasteiger partial charge in [0.15, 0.2) is 5.96 Å². The number of benzene rings is 1. The molecule has 0 unspecified atom stereocenters. The molecule has 1 aliphatic heterocycles. The third-order valence-electron chi connectivity index (χ3n) is 4.52. The highest BCUT2D eigenvalue weighted by Gasteiger charge is 2.23. The number of hydrogen-bond donors (Lipinski definition) is 2. The van der Waals surface area contributed by atoms with E-state index >= 15 is 0 Å². The summed E-state index contributed by atoms with van der Waals surface area (Å²) in [6.07, 6.45) is 5.17. The van der Waals surface area contributed by atoms with Gasteiger partial charge in [-0.1, -0.05) is 32.0 Å². The quantitative estimate of drug-likeness (QED) is 0.646. The van der Waals surface area contributed by atoms with Crippen LogP contribution in [0.15, 0.2) is 35.3 Å². The van der Waals surface area contributed by atoms with E-state index in [0.717, 1.165) is 37.6 Å². The molecule has 4 nitrogen and oxygen atoms in total. The minimum absolute atomic E-state index is 0.450. The lowest BCUT2D eigenvalue weighted by Gasteiger charge is -2.31. The standard InChI is InChI=1S/C18H29N3O/c1-3-18(22,4-2)15-19-17(21-13-9-6-10-14-21)20-16-11-7-5-8-12-16/h5,7-8,11-12,22H,3-4,6,9-10,13-15H2,1-2H3,(H,19,20). The van der Waals surface area contributed by atoms with Gasteiger partial charge in [-0.3, -0.25) is 0 Å². The molecule has 0 bridgehead atoms. The number of guanidine groups is 1. The van der Waals surface area contributed by atoms with Crippen molar-refractivity contribution >= 4 is 11.6 Å². The minimum atomic E-state index is -0.695. The minimum Gasteiger partial charge on any atom is -0.388 e. The van der Waals surface area contributed by atoms with Crippen molar-refractivity contribution < 1.29 is 5.11 Å². The van der Waals surface area contributed by atoms with Crippen LogP contribution in [0.25, 0.3) is 0 Å². The number of nitrogens with one attached hydrogen (secondary N) is 1. The summed E-state index contributed by atoms with van der Waals surface area (Å²) in [6, 6.07) is 10.1. The molecule has 2 N–H and O–H groups in total. The molecule has 0 aromatic heterocycles. The third kappa shape index (κ3) is 4.73. The van der Waals surface area contributed by atoms with Crippen LogP contribution in [-0.2, 0) is 0 Å². The highest BCUT2D eigenvalue weighted by molar-refractivity contribution is 5.93. The Labute approximate surface area is 134 Å². The first-order chi connectivity index (χ1) is 10.7. The van der Waals surface area contributed by atoms with E-state index in [1.165, 1.54) is 19.3 Å². The molecule has 0 saturated carbocycles. The molecule has 1 fully saturated rings. The topological polar surface area (TPSA) is 47.9 Å². The molecular formula is C18H29N3O. The Morgan fingerprint density at radius 2 is 1.77 bits per heavy atom. The highest BCUT2D eigenvalue weighted by Crippen LogP contribution is 2.17. The van der Waals surface area contributed by atoms with Crippen molar-refractivity contribution in [2.45, 2.75) is 51.6 Å². The van der Waals surface area contributed by atoms with E-state index in [0.29, 0.717) is 6.54 Å². The maximum Gasteiger partial charge on any atom is 0.198 e. The Hall–Kier alpha value is -1.55. The molecule has 0 aliphatic carbocycles. The first kappa shape index (κ1) is 16.8. The molecule has 0 radical (unpaired) electrons. The Morgan fingerprint density at radius 3 is 2.36 bits per heavy atom. The van der Waals surface area contributed by atoms with E-state index in [1.54, 1.807) is 0 Å². The molecule has 22 heavy (non-hydrogen) atoms. The van der Waals surface area contributed by atoms with Crippen molar-refractivity contribution in [1.29, 1.82) is 0 Å². The van der Waals surface area contributed by atoms with Crippen LogP contribution in [-0.4, -0.2) is 41.2 Å². The number of aliphatic hydroxyl groups is 1. The zero-order valence-corrected chi connectivity index (χ0v) is 13.9. The zero-order chi connectivity index (χ0) is 15.8. The fraction of sp³-hybridized carbons (Fsp3) is 0.611. The second kappa shape index (κ2) is 8.18. The molecule has 1 aromatic carbocycles. The summed E-state index contributed by atoms with van der Waals surface area (Å²) < 4.78 is 0. The number of aliphatic imine (C=N–C) groups is 1. The summed E-state index contributed by atoms with van der Waals surface area (Å²) in [5, 5.41) is 13.9. The predicted molar refractivity (Wildman–Crippen MR) is 93.3 cm³/mol. The molecule has 1 saturated heterocycles. The summed E-state index contributed by atoms with van der Waals surface area (Å²) >= 11 is 0. The average Bonchev–Trinajstić information content (AvgIpc) is 2.60. The van der Waals surface area contributed by atoms with Crippen molar-refractivity contribution in [3.05, 3.63) is 30.3 Å². The molecule has 1 aromatic rings. The number of para-hydroxylation sites is 1. The van der Waals surface area contributed by atoms with E-state index in [1.807, 2.05) is 44.2 Å². The van der Waals surface area contributed by atoms with Gasteiger partial charge in [-0.25, -0.2) is 4.99 Å². The van der Waals surface area contributed by atoms with E-state index in [2.05, 4.69) is 10.2 Å². The number of likely N-dealkylation sites (tertiary alicyclic amines) is 1. The van der Waals surface area contributed by atoms with Crippen molar-refractivity contribution in [3.63, 3.8) is 0 Å². The largest absolute Gasteiger partial charge is 0.388 e. The first-order valence-electron chi connectivity index (χ1n) is 8.51. The van der Waals surface area contributed by atoms with E-state index in [4.69, 9.17) is 4.99 Å². The number of nitrogens with zero attached hydrogens (tertiary/aromatic N) is 2. The summed E-state index contributed by atoms with van der Waals surface area (Å²) in [5.41, 5.74) is 0.350. The van der Waals surface area contributed by atoms with Gasteiger partial charge in [-0.05, 0) is 44.2 Å². The van der Waals surface area contributed by atoms with Gasteiger partial charge in [0, 0.05) is 18.8 Å². The number of rotatable bonds is 5. The van der Waals surface area contributed by atoms with Crippen LogP contribution in [0.2, 0.25) is 0 Å². The maximum absolute atomic E-state index is 10.5. The lowest BCUT2D eigenvalue weighted by atomic mass is 9.98. The van der Waals surface area contributed by atoms with Crippen LogP contribution in [0, 0.1) is 0 Å². The molecule has 122 valence electrons. The summed E-state index contributed by atoms with van der Waals surface area (Å²) in [6.45, 7) is 6.56. The lowest BCUT2D eigenvalue weighted by Crippen LogP contribution is -2.41. The molecule has 2 rings (SSSR count). The predicted octanol–water partition coefficient (Wildman–Crippen LogP) is 3.49. The van der Waals surface area contributed by atoms with Crippen molar-refractivity contribution in [1.82, 2.24) is 4.90 Å². The fourth-order valence-corrected chi connectivity index (χ4v) is 2.67. The van der Waals surface area contributed by atoms with Gasteiger partial charge in [0.1, 0.15) is 0 Å². The highest BCUT2D eigenvalue weighted by atomic mass is 16.3. The second-order valence-corrected chi connectivity index (χ2v) is 6.11. The van der Waals surface area contributed by atoms with E-state index in [9.17, 15) is 5.11 Å². The van der Waals surface area contributed by atoms with Crippen LogP contribution in [0.4, 0.5) is 5.69 Å².